The Morgan fingerprint density at radius 3 is 2.43 bits per heavy atom. The first-order valence-corrected chi connectivity index (χ1v) is 7.41. The lowest BCUT2D eigenvalue weighted by Gasteiger charge is -2.14. The van der Waals surface area contributed by atoms with Crippen LogP contribution in [0.25, 0.3) is 0 Å². The molecular weight excluding hydrogens is 262 g/mol. The van der Waals surface area contributed by atoms with Crippen LogP contribution in [-0.2, 0) is 19.4 Å². The zero-order valence-corrected chi connectivity index (χ0v) is 12.7. The maximum absolute atomic E-state index is 5.53. The lowest BCUT2D eigenvalue weighted by molar-refractivity contribution is 0.895. The molecule has 0 aliphatic rings. The lowest BCUT2D eigenvalue weighted by Crippen LogP contribution is -2.14. The Morgan fingerprint density at radius 1 is 1.05 bits per heavy atom. The van der Waals surface area contributed by atoms with Crippen LogP contribution in [0.5, 0.6) is 0 Å². The van der Waals surface area contributed by atoms with Gasteiger partial charge in [-0.3, -0.25) is 0 Å². The van der Waals surface area contributed by atoms with Gasteiger partial charge in [0.05, 0.1) is 0 Å². The van der Waals surface area contributed by atoms with Crippen LogP contribution in [0.2, 0.25) is 0 Å². The summed E-state index contributed by atoms with van der Waals surface area (Å²) in [5, 5.41) is 3.42. The zero-order chi connectivity index (χ0) is 15.1. The van der Waals surface area contributed by atoms with E-state index in [-0.39, 0.29) is 0 Å². The first-order chi connectivity index (χ1) is 10.3. The number of hydrazine groups is 1. The van der Waals surface area contributed by atoms with E-state index in [1.54, 1.807) is 0 Å². The van der Waals surface area contributed by atoms with Gasteiger partial charge < -0.3 is 10.7 Å². The van der Waals surface area contributed by atoms with Crippen LogP contribution >= 0.6 is 0 Å². The van der Waals surface area contributed by atoms with Crippen LogP contribution in [0.4, 0.5) is 11.6 Å². The second-order valence-electron chi connectivity index (χ2n) is 4.92. The van der Waals surface area contributed by atoms with Crippen LogP contribution in [0.15, 0.2) is 30.6 Å². The second-order valence-corrected chi connectivity index (χ2v) is 4.92. The fourth-order valence-corrected chi connectivity index (χ4v) is 2.43. The third kappa shape index (κ3) is 3.70. The molecule has 0 amide bonds. The molecule has 2 rings (SSSR count). The van der Waals surface area contributed by atoms with Gasteiger partial charge in [0.25, 0.3) is 0 Å². The predicted octanol–water partition coefficient (Wildman–Crippen LogP) is 2.89. The van der Waals surface area contributed by atoms with Crippen molar-refractivity contribution in [2.24, 2.45) is 5.84 Å². The summed E-state index contributed by atoms with van der Waals surface area (Å²) in [7, 11) is 0. The minimum absolute atomic E-state index is 0.693. The minimum atomic E-state index is 0.693. The SMILES string of the molecule is CCCc1c(NN)ncnc1NCc1ccccc1CC. The van der Waals surface area contributed by atoms with E-state index < -0.39 is 0 Å². The molecule has 5 nitrogen and oxygen atoms in total. The molecule has 0 radical (unpaired) electrons. The minimum Gasteiger partial charge on any atom is -0.366 e. The number of aryl methyl sites for hydroxylation is 1. The van der Waals surface area contributed by atoms with Crippen molar-refractivity contribution in [1.82, 2.24) is 9.97 Å². The molecule has 0 unspecified atom stereocenters. The van der Waals surface area contributed by atoms with Gasteiger partial charge in [-0.2, -0.15) is 0 Å². The van der Waals surface area contributed by atoms with Gasteiger partial charge >= 0.3 is 0 Å². The van der Waals surface area contributed by atoms with Gasteiger partial charge in [-0.15, -0.1) is 0 Å². The van der Waals surface area contributed by atoms with E-state index in [1.807, 2.05) is 0 Å². The van der Waals surface area contributed by atoms with Crippen molar-refractivity contribution in [2.75, 3.05) is 10.7 Å². The van der Waals surface area contributed by atoms with Crippen LogP contribution in [0.3, 0.4) is 0 Å². The largest absolute Gasteiger partial charge is 0.366 e. The molecule has 2 aromatic rings. The number of nitrogens with two attached hydrogens (primary N) is 1. The third-order valence-corrected chi connectivity index (χ3v) is 3.53. The van der Waals surface area contributed by atoms with Crippen molar-refractivity contribution in [2.45, 2.75) is 39.7 Å². The average molecular weight is 285 g/mol. The highest BCUT2D eigenvalue weighted by Crippen LogP contribution is 2.22. The van der Waals surface area contributed by atoms with Crippen molar-refractivity contribution >= 4 is 11.6 Å². The summed E-state index contributed by atoms with van der Waals surface area (Å²) in [6, 6.07) is 8.45. The van der Waals surface area contributed by atoms with Gasteiger partial charge in [0.1, 0.15) is 18.0 Å². The van der Waals surface area contributed by atoms with Crippen LogP contribution in [0, 0.1) is 0 Å². The predicted molar refractivity (Wildman–Crippen MR) is 87.0 cm³/mol. The van der Waals surface area contributed by atoms with Gasteiger partial charge in [0.2, 0.25) is 0 Å². The summed E-state index contributed by atoms with van der Waals surface area (Å²) < 4.78 is 0. The number of hydrogen-bond donors (Lipinski definition) is 3. The van der Waals surface area contributed by atoms with E-state index in [9.17, 15) is 0 Å². The zero-order valence-electron chi connectivity index (χ0n) is 12.7. The van der Waals surface area contributed by atoms with Crippen molar-refractivity contribution in [3.05, 3.63) is 47.3 Å². The fourth-order valence-electron chi connectivity index (χ4n) is 2.43. The Bertz CT molecular complexity index is 583. The van der Waals surface area contributed by atoms with E-state index in [4.69, 9.17) is 5.84 Å². The maximum Gasteiger partial charge on any atom is 0.148 e. The number of hydrogen-bond acceptors (Lipinski definition) is 5. The number of benzene rings is 1. The molecule has 1 heterocycles. The van der Waals surface area contributed by atoms with Gasteiger partial charge in [0.15, 0.2) is 0 Å². The van der Waals surface area contributed by atoms with Gasteiger partial charge in [0, 0.05) is 12.1 Å². The van der Waals surface area contributed by atoms with Crippen molar-refractivity contribution in [1.29, 1.82) is 0 Å². The van der Waals surface area contributed by atoms with E-state index in [1.165, 1.54) is 17.5 Å². The molecular formula is C16H23N5. The smallest absolute Gasteiger partial charge is 0.148 e. The number of rotatable bonds is 7. The van der Waals surface area contributed by atoms with Crippen LogP contribution in [0.1, 0.15) is 37.0 Å². The highest BCUT2D eigenvalue weighted by molar-refractivity contribution is 5.57. The molecule has 0 fully saturated rings. The lowest BCUT2D eigenvalue weighted by atomic mass is 10.1. The van der Waals surface area contributed by atoms with Crippen molar-refractivity contribution in [3.8, 4) is 0 Å². The number of nitrogens with zero attached hydrogens (tertiary/aromatic N) is 2. The third-order valence-electron chi connectivity index (χ3n) is 3.53. The normalized spacial score (nSPS) is 10.4. The number of nitrogens with one attached hydrogen (secondary N) is 2. The van der Waals surface area contributed by atoms with Crippen LogP contribution in [-0.4, -0.2) is 9.97 Å². The first kappa shape index (κ1) is 15.3. The molecule has 0 atom stereocenters. The summed E-state index contributed by atoms with van der Waals surface area (Å²) in [6.45, 7) is 5.05. The Kier molecular flexibility index (Phi) is 5.51. The Balaban J connectivity index is 2.19. The van der Waals surface area contributed by atoms with Crippen LogP contribution < -0.4 is 16.6 Å². The van der Waals surface area contributed by atoms with Crippen molar-refractivity contribution in [3.63, 3.8) is 0 Å². The van der Waals surface area contributed by atoms with E-state index in [2.05, 4.69) is 58.8 Å². The monoisotopic (exact) mass is 285 g/mol. The number of anilines is 2. The topological polar surface area (TPSA) is 75.9 Å². The quantitative estimate of drug-likeness (QED) is 0.538. The second kappa shape index (κ2) is 7.59. The molecule has 0 aliphatic carbocycles. The van der Waals surface area contributed by atoms with Crippen molar-refractivity contribution < 1.29 is 0 Å². The highest BCUT2D eigenvalue weighted by Gasteiger charge is 2.10. The maximum atomic E-state index is 5.53. The number of nitrogen functional groups attached to an aromatic ring is 1. The molecule has 0 bridgehead atoms. The molecule has 5 heteroatoms. The van der Waals surface area contributed by atoms with Gasteiger partial charge in [-0.1, -0.05) is 44.5 Å². The molecule has 4 N–H and O–H groups in total. The van der Waals surface area contributed by atoms with Gasteiger partial charge in [-0.05, 0) is 24.0 Å². The summed E-state index contributed by atoms with van der Waals surface area (Å²) in [5.74, 6) is 7.08. The van der Waals surface area contributed by atoms with E-state index in [0.29, 0.717) is 5.82 Å². The molecule has 112 valence electrons. The molecule has 21 heavy (non-hydrogen) atoms. The standard InChI is InChI=1S/C16H23N5/c1-3-7-14-15(19-11-20-16(14)21-17)18-10-13-9-6-5-8-12(13)4-2/h5-6,8-9,11H,3-4,7,10,17H2,1-2H3,(H2,18,19,20,21). The molecule has 0 saturated carbocycles. The molecule has 0 spiro atoms. The fraction of sp³-hybridized carbons (Fsp3) is 0.375. The summed E-state index contributed by atoms with van der Waals surface area (Å²) in [4.78, 5) is 8.54. The summed E-state index contributed by atoms with van der Waals surface area (Å²) in [6.07, 6.45) is 4.46. The Labute approximate surface area is 126 Å². The first-order valence-electron chi connectivity index (χ1n) is 7.41. The Morgan fingerprint density at radius 2 is 1.76 bits per heavy atom. The molecule has 0 saturated heterocycles. The van der Waals surface area contributed by atoms with E-state index >= 15 is 0 Å². The Hall–Kier alpha value is -2.14. The molecule has 1 aromatic heterocycles. The van der Waals surface area contributed by atoms with E-state index in [0.717, 1.165) is 37.2 Å². The number of aromatic nitrogens is 2. The highest BCUT2D eigenvalue weighted by atomic mass is 15.3. The summed E-state index contributed by atoms with van der Waals surface area (Å²) in [5.41, 5.74) is 6.34. The van der Waals surface area contributed by atoms with Gasteiger partial charge in [-0.25, -0.2) is 15.8 Å². The molecule has 0 aliphatic heterocycles. The molecule has 1 aromatic carbocycles. The summed E-state index contributed by atoms with van der Waals surface area (Å²) >= 11 is 0. The average Bonchev–Trinajstić information content (AvgIpc) is 2.54.